The Morgan fingerprint density at radius 2 is 1.81 bits per heavy atom. The second-order valence-corrected chi connectivity index (χ2v) is 8.94. The molecule has 0 aromatic heterocycles. The molecule has 1 aromatic carbocycles. The fourth-order valence-corrected chi connectivity index (χ4v) is 2.60. The molecule has 0 bridgehead atoms. The summed E-state index contributed by atoms with van der Waals surface area (Å²) in [4.78, 5) is 36.9. The van der Waals surface area contributed by atoms with E-state index in [9.17, 15) is 22.8 Å². The maximum Gasteiger partial charge on any atom is 0.338 e. The molecule has 144 valence electrons. The van der Waals surface area contributed by atoms with E-state index in [1.807, 2.05) is 20.8 Å². The Morgan fingerprint density at radius 3 is 2.35 bits per heavy atom. The van der Waals surface area contributed by atoms with Crippen LogP contribution in [0.2, 0.25) is 0 Å². The standard InChI is InChI=1S/C17H24N2O6S/c1-17(2,3)18-14(20)10-19(4)15(21)11-25-16(22)12-7-6-8-13(9-12)26(5,23)24/h6-9H,10-11H2,1-5H3,(H,18,20). The molecule has 9 heteroatoms. The van der Waals surface area contributed by atoms with Crippen molar-refractivity contribution in [2.45, 2.75) is 31.2 Å². The molecule has 0 spiro atoms. The third-order valence-electron chi connectivity index (χ3n) is 3.15. The van der Waals surface area contributed by atoms with Crippen molar-refractivity contribution in [1.82, 2.24) is 10.2 Å². The van der Waals surface area contributed by atoms with E-state index in [0.717, 1.165) is 11.2 Å². The lowest BCUT2D eigenvalue weighted by molar-refractivity contribution is -0.137. The Hall–Kier alpha value is -2.42. The van der Waals surface area contributed by atoms with Gasteiger partial charge in [0.25, 0.3) is 5.91 Å². The van der Waals surface area contributed by atoms with Gasteiger partial charge in [0.1, 0.15) is 0 Å². The minimum Gasteiger partial charge on any atom is -0.452 e. The molecule has 0 atom stereocenters. The van der Waals surface area contributed by atoms with Crippen molar-refractivity contribution in [2.75, 3.05) is 26.5 Å². The van der Waals surface area contributed by atoms with E-state index in [2.05, 4.69) is 5.32 Å². The van der Waals surface area contributed by atoms with E-state index >= 15 is 0 Å². The molecule has 0 saturated heterocycles. The van der Waals surface area contributed by atoms with E-state index in [1.54, 1.807) is 0 Å². The van der Waals surface area contributed by atoms with Crippen LogP contribution in [0.5, 0.6) is 0 Å². The average molecular weight is 384 g/mol. The molecule has 0 fully saturated rings. The molecule has 0 aliphatic rings. The fourth-order valence-electron chi connectivity index (χ4n) is 1.94. The zero-order chi connectivity index (χ0) is 20.1. The van der Waals surface area contributed by atoms with Crippen LogP contribution in [0.15, 0.2) is 29.2 Å². The average Bonchev–Trinajstić information content (AvgIpc) is 2.49. The minimum absolute atomic E-state index is 0.0192. The first kappa shape index (κ1) is 21.6. The largest absolute Gasteiger partial charge is 0.452 e. The maximum atomic E-state index is 12.0. The summed E-state index contributed by atoms with van der Waals surface area (Å²) >= 11 is 0. The van der Waals surface area contributed by atoms with E-state index in [-0.39, 0.29) is 22.9 Å². The van der Waals surface area contributed by atoms with Gasteiger partial charge in [-0.2, -0.15) is 0 Å². The Morgan fingerprint density at radius 1 is 1.19 bits per heavy atom. The van der Waals surface area contributed by atoms with Gasteiger partial charge in [0, 0.05) is 18.8 Å². The molecule has 2 amide bonds. The summed E-state index contributed by atoms with van der Waals surface area (Å²) < 4.78 is 27.9. The van der Waals surface area contributed by atoms with Crippen LogP contribution in [0.3, 0.4) is 0 Å². The lowest BCUT2D eigenvalue weighted by Gasteiger charge is -2.23. The van der Waals surface area contributed by atoms with Crippen molar-refractivity contribution in [2.24, 2.45) is 0 Å². The highest BCUT2D eigenvalue weighted by atomic mass is 32.2. The van der Waals surface area contributed by atoms with Crippen molar-refractivity contribution in [3.05, 3.63) is 29.8 Å². The zero-order valence-electron chi connectivity index (χ0n) is 15.5. The first-order chi connectivity index (χ1) is 11.8. The molecule has 26 heavy (non-hydrogen) atoms. The number of ether oxygens (including phenoxy) is 1. The first-order valence-electron chi connectivity index (χ1n) is 7.82. The topological polar surface area (TPSA) is 110 Å². The van der Waals surface area contributed by atoms with E-state index < -0.39 is 33.9 Å². The number of esters is 1. The molecule has 0 saturated carbocycles. The number of likely N-dealkylation sites (N-methyl/N-ethyl adjacent to an activating group) is 1. The lowest BCUT2D eigenvalue weighted by atomic mass is 10.1. The summed E-state index contributed by atoms with van der Waals surface area (Å²) in [5.74, 6) is -1.71. The van der Waals surface area contributed by atoms with Gasteiger partial charge in [-0.25, -0.2) is 13.2 Å². The molecule has 0 aliphatic heterocycles. The number of nitrogens with zero attached hydrogens (tertiary/aromatic N) is 1. The van der Waals surface area contributed by atoms with Crippen molar-refractivity contribution < 1.29 is 27.5 Å². The number of sulfone groups is 1. The number of amides is 2. The Bertz CT molecular complexity index is 796. The first-order valence-corrected chi connectivity index (χ1v) is 9.71. The second kappa shape index (κ2) is 8.31. The molecular formula is C17H24N2O6S. The van der Waals surface area contributed by atoms with Gasteiger partial charge in [0.2, 0.25) is 5.91 Å². The van der Waals surface area contributed by atoms with Gasteiger partial charge < -0.3 is 15.0 Å². The van der Waals surface area contributed by atoms with Crippen LogP contribution in [0.4, 0.5) is 0 Å². The number of benzene rings is 1. The molecule has 0 aliphatic carbocycles. The van der Waals surface area contributed by atoms with E-state index in [4.69, 9.17) is 4.74 Å². The number of carbonyl (C=O) groups is 3. The van der Waals surface area contributed by atoms with Gasteiger partial charge >= 0.3 is 5.97 Å². The van der Waals surface area contributed by atoms with Crippen molar-refractivity contribution in [3.63, 3.8) is 0 Å². The molecule has 8 nitrogen and oxygen atoms in total. The van der Waals surface area contributed by atoms with Crippen molar-refractivity contribution >= 4 is 27.6 Å². The maximum absolute atomic E-state index is 12.0. The smallest absolute Gasteiger partial charge is 0.338 e. The van der Waals surface area contributed by atoms with Crippen LogP contribution < -0.4 is 5.32 Å². The molecule has 1 rings (SSSR count). The van der Waals surface area contributed by atoms with Crippen LogP contribution in [0.1, 0.15) is 31.1 Å². The summed E-state index contributed by atoms with van der Waals surface area (Å²) in [6, 6.07) is 5.35. The number of carbonyl (C=O) groups excluding carboxylic acids is 3. The normalized spacial score (nSPS) is 11.6. The number of nitrogens with one attached hydrogen (secondary N) is 1. The third-order valence-corrected chi connectivity index (χ3v) is 4.26. The summed E-state index contributed by atoms with van der Waals surface area (Å²) in [6.45, 7) is 4.73. The van der Waals surface area contributed by atoms with E-state index in [1.165, 1.54) is 31.3 Å². The highest BCUT2D eigenvalue weighted by molar-refractivity contribution is 7.90. The predicted molar refractivity (Wildman–Crippen MR) is 95.4 cm³/mol. The van der Waals surface area contributed by atoms with Gasteiger partial charge in [-0.1, -0.05) is 6.07 Å². The van der Waals surface area contributed by atoms with Crippen LogP contribution in [0.25, 0.3) is 0 Å². The van der Waals surface area contributed by atoms with Crippen LogP contribution >= 0.6 is 0 Å². The molecule has 0 unspecified atom stereocenters. The fraction of sp³-hybridized carbons (Fsp3) is 0.471. The summed E-state index contributed by atoms with van der Waals surface area (Å²) in [6.07, 6.45) is 1.03. The number of hydrogen-bond donors (Lipinski definition) is 1. The van der Waals surface area contributed by atoms with Gasteiger partial charge in [-0.15, -0.1) is 0 Å². The third kappa shape index (κ3) is 7.22. The number of rotatable bonds is 6. The number of hydrogen-bond acceptors (Lipinski definition) is 6. The van der Waals surface area contributed by atoms with Gasteiger partial charge in [0.05, 0.1) is 17.0 Å². The summed E-state index contributed by atoms with van der Waals surface area (Å²) in [7, 11) is -2.04. The Kier molecular flexibility index (Phi) is 6.91. The monoisotopic (exact) mass is 384 g/mol. The molecule has 1 N–H and O–H groups in total. The second-order valence-electron chi connectivity index (χ2n) is 6.92. The molecule has 0 radical (unpaired) electrons. The highest BCUT2D eigenvalue weighted by Crippen LogP contribution is 2.12. The van der Waals surface area contributed by atoms with Gasteiger partial charge in [-0.05, 0) is 39.0 Å². The predicted octanol–water partition coefficient (Wildman–Crippen LogP) is 0.620. The van der Waals surface area contributed by atoms with Crippen LogP contribution in [-0.4, -0.2) is 63.1 Å². The summed E-state index contributed by atoms with van der Waals surface area (Å²) in [5, 5.41) is 2.72. The highest BCUT2D eigenvalue weighted by Gasteiger charge is 2.19. The van der Waals surface area contributed by atoms with Gasteiger partial charge in [-0.3, -0.25) is 9.59 Å². The quantitative estimate of drug-likeness (QED) is 0.720. The lowest BCUT2D eigenvalue weighted by Crippen LogP contribution is -2.46. The van der Waals surface area contributed by atoms with Gasteiger partial charge in [0.15, 0.2) is 16.4 Å². The van der Waals surface area contributed by atoms with E-state index in [0.29, 0.717) is 0 Å². The molecule has 0 heterocycles. The zero-order valence-corrected chi connectivity index (χ0v) is 16.3. The Balaban J connectivity index is 2.62. The van der Waals surface area contributed by atoms with Crippen LogP contribution in [0, 0.1) is 0 Å². The molecule has 1 aromatic rings. The van der Waals surface area contributed by atoms with Crippen LogP contribution in [-0.2, 0) is 24.2 Å². The minimum atomic E-state index is -3.46. The molecular weight excluding hydrogens is 360 g/mol. The summed E-state index contributed by atoms with van der Waals surface area (Å²) in [5.41, 5.74) is -0.396. The Labute approximate surface area is 153 Å². The SMILES string of the molecule is CN(CC(=O)NC(C)(C)C)C(=O)COC(=O)c1cccc(S(C)(=O)=O)c1. The van der Waals surface area contributed by atoms with Crippen molar-refractivity contribution in [1.29, 1.82) is 0 Å². The van der Waals surface area contributed by atoms with Crippen molar-refractivity contribution in [3.8, 4) is 0 Å².